The van der Waals surface area contributed by atoms with Gasteiger partial charge in [-0.3, -0.25) is 19.3 Å². The van der Waals surface area contributed by atoms with Gasteiger partial charge in [0.2, 0.25) is 0 Å². The Morgan fingerprint density at radius 2 is 1.66 bits per heavy atom. The molecule has 3 heterocycles. The van der Waals surface area contributed by atoms with E-state index < -0.39 is 23.4 Å². The molecule has 0 aromatic heterocycles. The Morgan fingerprint density at radius 3 is 2.25 bits per heavy atom. The average molecular weight is 660 g/mol. The summed E-state index contributed by atoms with van der Waals surface area (Å²) in [7, 11) is 1.18. The van der Waals surface area contributed by atoms with Crippen LogP contribution in [-0.4, -0.2) is 82.6 Å². The van der Waals surface area contributed by atoms with Crippen LogP contribution in [0.25, 0.3) is 0 Å². The van der Waals surface area contributed by atoms with Gasteiger partial charge in [0.25, 0.3) is 17.7 Å². The first-order chi connectivity index (χ1) is 20.8. The second-order valence-electron chi connectivity index (χ2n) is 11.3. The predicted molar refractivity (Wildman–Crippen MR) is 166 cm³/mol. The Labute approximate surface area is 267 Å². The molecule has 2 bridgehead atoms. The van der Waals surface area contributed by atoms with E-state index in [1.165, 1.54) is 30.2 Å². The minimum Gasteiger partial charge on any atom is -0.466 e. The number of rotatable bonds is 4. The number of hydrogen-bond acceptors (Lipinski definition) is 8. The summed E-state index contributed by atoms with van der Waals surface area (Å²) >= 11 is 12.9. The Kier molecular flexibility index (Phi) is 8.79. The third-order valence-electron chi connectivity index (χ3n) is 7.12. The first kappa shape index (κ1) is 31.6. The maximum absolute atomic E-state index is 13.4. The third kappa shape index (κ3) is 6.47. The van der Waals surface area contributed by atoms with Gasteiger partial charge in [-0.15, -0.1) is 0 Å². The molecule has 14 heteroatoms. The molecule has 11 nitrogen and oxygen atoms in total. The fourth-order valence-corrected chi connectivity index (χ4v) is 6.56. The molecule has 230 valence electrons. The molecule has 2 unspecified atom stereocenters. The van der Waals surface area contributed by atoms with Crippen LogP contribution in [0, 0.1) is 0 Å². The Balaban J connectivity index is 1.36. The van der Waals surface area contributed by atoms with E-state index in [9.17, 15) is 24.0 Å². The molecule has 0 saturated carbocycles. The SMILES string of the molecule is COC(=O)C=C1SC(=NC(=O)c2ccc(Cl)cc2Cl)N(c2ccc(C(=O)N3CC4CC3CN4C(=O)OC(C)(C)C)cc2)C1=O. The summed E-state index contributed by atoms with van der Waals surface area (Å²) in [5.74, 6) is -2.28. The normalized spacial score (nSPS) is 21.4. The maximum Gasteiger partial charge on any atom is 0.410 e. The number of piperazine rings is 1. The first-order valence-electron chi connectivity index (χ1n) is 13.6. The number of aliphatic imine (C=N–C) groups is 1. The van der Waals surface area contributed by atoms with E-state index in [4.69, 9.17) is 27.9 Å². The van der Waals surface area contributed by atoms with Gasteiger partial charge in [-0.1, -0.05) is 23.2 Å². The minimum absolute atomic E-state index is 0.00612. The van der Waals surface area contributed by atoms with Crippen LogP contribution >= 0.6 is 35.0 Å². The molecule has 0 aliphatic carbocycles. The number of halogens is 2. The van der Waals surface area contributed by atoms with Crippen molar-refractivity contribution in [1.29, 1.82) is 0 Å². The molecule has 2 atom stereocenters. The number of ether oxygens (including phenoxy) is 2. The van der Waals surface area contributed by atoms with Crippen molar-refractivity contribution < 1.29 is 33.4 Å². The average Bonchev–Trinajstić information content (AvgIpc) is 3.65. The molecule has 2 aromatic carbocycles. The number of nitrogens with zero attached hydrogens (tertiary/aromatic N) is 4. The van der Waals surface area contributed by atoms with Crippen LogP contribution in [0.5, 0.6) is 0 Å². The van der Waals surface area contributed by atoms with E-state index >= 15 is 0 Å². The molecule has 44 heavy (non-hydrogen) atoms. The third-order valence-corrected chi connectivity index (χ3v) is 8.63. The fourth-order valence-electron chi connectivity index (χ4n) is 5.13. The molecular weight excluding hydrogens is 631 g/mol. The second kappa shape index (κ2) is 12.3. The molecule has 0 radical (unpaired) electrons. The Bertz CT molecular complexity index is 1620. The number of esters is 1. The summed E-state index contributed by atoms with van der Waals surface area (Å²) in [5.41, 5.74) is 0.174. The van der Waals surface area contributed by atoms with Gasteiger partial charge in [0.05, 0.1) is 40.4 Å². The molecule has 3 aliphatic heterocycles. The van der Waals surface area contributed by atoms with Crippen LogP contribution in [0.15, 0.2) is 58.4 Å². The first-order valence-corrected chi connectivity index (χ1v) is 15.1. The van der Waals surface area contributed by atoms with Gasteiger partial charge >= 0.3 is 12.1 Å². The lowest BCUT2D eigenvalue weighted by molar-refractivity contribution is -0.135. The lowest BCUT2D eigenvalue weighted by Crippen LogP contribution is -2.51. The minimum atomic E-state index is -0.750. The van der Waals surface area contributed by atoms with Crippen molar-refractivity contribution in [3.63, 3.8) is 0 Å². The second-order valence-corrected chi connectivity index (χ2v) is 13.1. The molecule has 3 aliphatic rings. The summed E-state index contributed by atoms with van der Waals surface area (Å²) in [6.45, 7) is 6.21. The smallest absolute Gasteiger partial charge is 0.410 e. The predicted octanol–water partition coefficient (Wildman–Crippen LogP) is 5.16. The molecule has 0 spiro atoms. The van der Waals surface area contributed by atoms with Gasteiger partial charge in [-0.2, -0.15) is 4.99 Å². The van der Waals surface area contributed by atoms with E-state index in [0.29, 0.717) is 35.8 Å². The van der Waals surface area contributed by atoms with Crippen LogP contribution in [0.4, 0.5) is 10.5 Å². The topological polar surface area (TPSA) is 126 Å². The molecule has 0 N–H and O–H groups in total. The molecule has 3 fully saturated rings. The van der Waals surface area contributed by atoms with Gasteiger partial charge in [-0.05, 0) is 81.4 Å². The number of hydrogen-bond donors (Lipinski definition) is 0. The van der Waals surface area contributed by atoms with Gasteiger partial charge in [0.15, 0.2) is 5.17 Å². The summed E-state index contributed by atoms with van der Waals surface area (Å²) in [6, 6.07) is 10.3. The lowest BCUT2D eigenvalue weighted by Gasteiger charge is -2.35. The van der Waals surface area contributed by atoms with E-state index in [-0.39, 0.29) is 44.7 Å². The Hall–Kier alpha value is -3.87. The largest absolute Gasteiger partial charge is 0.466 e. The van der Waals surface area contributed by atoms with E-state index in [1.54, 1.807) is 34.1 Å². The Morgan fingerprint density at radius 1 is 1.00 bits per heavy atom. The van der Waals surface area contributed by atoms with Crippen molar-refractivity contribution in [2.75, 3.05) is 25.1 Å². The quantitative estimate of drug-likeness (QED) is 0.326. The number of amidine groups is 1. The number of carbonyl (C=O) groups is 5. The van der Waals surface area contributed by atoms with Gasteiger partial charge in [-0.25, -0.2) is 9.59 Å². The highest BCUT2D eigenvalue weighted by Crippen LogP contribution is 2.37. The van der Waals surface area contributed by atoms with Crippen molar-refractivity contribution in [2.24, 2.45) is 4.99 Å². The van der Waals surface area contributed by atoms with Crippen molar-refractivity contribution in [1.82, 2.24) is 9.80 Å². The zero-order valence-electron chi connectivity index (χ0n) is 24.2. The van der Waals surface area contributed by atoms with Gasteiger partial charge in [0, 0.05) is 29.8 Å². The van der Waals surface area contributed by atoms with Crippen LogP contribution < -0.4 is 4.90 Å². The fraction of sp³-hybridized carbons (Fsp3) is 0.333. The van der Waals surface area contributed by atoms with E-state index in [1.807, 2.05) is 20.8 Å². The van der Waals surface area contributed by atoms with Crippen LogP contribution in [0.2, 0.25) is 10.0 Å². The highest BCUT2D eigenvalue weighted by atomic mass is 35.5. The number of thioether (sulfide) groups is 1. The zero-order valence-corrected chi connectivity index (χ0v) is 26.5. The summed E-state index contributed by atoms with van der Waals surface area (Å²) in [5, 5.41) is 0.413. The molecule has 5 rings (SSSR count). The monoisotopic (exact) mass is 658 g/mol. The molecule has 4 amide bonds. The number of likely N-dealkylation sites (tertiary alicyclic amines) is 2. The zero-order chi connectivity index (χ0) is 31.9. The molecular formula is C30H28Cl2N4O7S. The number of fused-ring (bicyclic) bond motifs is 2. The number of benzene rings is 2. The molecule has 3 saturated heterocycles. The highest BCUT2D eigenvalue weighted by Gasteiger charge is 2.48. The summed E-state index contributed by atoms with van der Waals surface area (Å²) in [6.07, 6.45) is 1.30. The maximum atomic E-state index is 13.4. The van der Waals surface area contributed by atoms with Crippen LogP contribution in [0.1, 0.15) is 47.9 Å². The number of anilines is 1. The number of carbonyl (C=O) groups excluding carboxylic acids is 5. The van der Waals surface area contributed by atoms with Crippen molar-refractivity contribution in [3.05, 3.63) is 74.6 Å². The lowest BCUT2D eigenvalue weighted by atomic mass is 10.1. The molecule has 2 aromatic rings. The standard InChI is InChI=1S/C30H28Cl2N4O7S/c1-30(2,3)43-29(41)35-15-19-12-20(35)14-34(19)26(39)16-5-8-18(9-6-16)36-27(40)23(13-24(37)42-4)44-28(36)33-25(38)21-10-7-17(31)11-22(21)32/h5-11,13,19-20H,12,14-15H2,1-4H3. The van der Waals surface area contributed by atoms with Crippen molar-refractivity contribution >= 4 is 75.6 Å². The van der Waals surface area contributed by atoms with E-state index in [2.05, 4.69) is 9.73 Å². The van der Waals surface area contributed by atoms with Crippen molar-refractivity contribution in [2.45, 2.75) is 44.9 Å². The van der Waals surface area contributed by atoms with Crippen LogP contribution in [-0.2, 0) is 19.1 Å². The van der Waals surface area contributed by atoms with Crippen LogP contribution in [0.3, 0.4) is 0 Å². The van der Waals surface area contributed by atoms with E-state index in [0.717, 1.165) is 17.8 Å². The number of amides is 4. The summed E-state index contributed by atoms with van der Waals surface area (Å²) in [4.78, 5) is 73.0. The van der Waals surface area contributed by atoms with Crippen molar-refractivity contribution in [3.8, 4) is 0 Å². The summed E-state index contributed by atoms with van der Waals surface area (Å²) < 4.78 is 10.2. The van der Waals surface area contributed by atoms with Gasteiger partial charge < -0.3 is 19.3 Å². The number of methoxy groups -OCH3 is 1. The van der Waals surface area contributed by atoms with Gasteiger partial charge in [0.1, 0.15) is 5.60 Å². The highest BCUT2D eigenvalue weighted by molar-refractivity contribution is 8.19.